The van der Waals surface area contributed by atoms with E-state index in [1.54, 1.807) is 7.11 Å². The van der Waals surface area contributed by atoms with Gasteiger partial charge in [-0.15, -0.1) is 0 Å². The Bertz CT molecular complexity index is 441. The molecular weight excluding hydrogens is 216 g/mol. The summed E-state index contributed by atoms with van der Waals surface area (Å²) in [5.41, 5.74) is 1.66. The maximum atomic E-state index is 5.60. The molecule has 0 aliphatic carbocycles. The largest absolute Gasteiger partial charge is 0.497 e. The predicted molar refractivity (Wildman–Crippen MR) is 66.6 cm³/mol. The Kier molecular flexibility index (Phi) is 3.31. The minimum Gasteiger partial charge on any atom is -0.497 e. The quantitative estimate of drug-likeness (QED) is 0.805. The van der Waals surface area contributed by atoms with E-state index in [2.05, 4.69) is 23.8 Å². The van der Waals surface area contributed by atoms with E-state index in [0.717, 1.165) is 17.1 Å². The van der Waals surface area contributed by atoms with E-state index in [4.69, 9.17) is 9.47 Å². The highest BCUT2D eigenvalue weighted by atomic mass is 16.5. The normalized spacial score (nSPS) is 19.1. The summed E-state index contributed by atoms with van der Waals surface area (Å²) in [5.74, 6) is 1.90. The van der Waals surface area contributed by atoms with Crippen LogP contribution >= 0.6 is 0 Å². The Morgan fingerprint density at radius 2 is 2.18 bits per heavy atom. The Hall–Kier alpha value is -1.58. The van der Waals surface area contributed by atoms with Crippen LogP contribution in [0.3, 0.4) is 0 Å². The number of nitrogens with zero attached hydrogens (tertiary/aromatic N) is 2. The fourth-order valence-corrected chi connectivity index (χ4v) is 1.74. The number of aryl methyl sites for hydroxylation is 1. The van der Waals surface area contributed by atoms with Crippen molar-refractivity contribution in [2.75, 3.05) is 13.7 Å². The van der Waals surface area contributed by atoms with Gasteiger partial charge in [-0.25, -0.2) is 9.98 Å². The summed E-state index contributed by atoms with van der Waals surface area (Å²) < 4.78 is 10.8. The molecule has 0 saturated heterocycles. The van der Waals surface area contributed by atoms with Gasteiger partial charge in [-0.3, -0.25) is 0 Å². The molecule has 4 nitrogen and oxygen atoms in total. The molecule has 0 bridgehead atoms. The molecule has 2 heterocycles. The van der Waals surface area contributed by atoms with Gasteiger partial charge in [-0.05, 0) is 12.8 Å². The van der Waals surface area contributed by atoms with Gasteiger partial charge in [0.2, 0.25) is 5.90 Å². The molecule has 0 aromatic carbocycles. The van der Waals surface area contributed by atoms with E-state index in [1.807, 2.05) is 19.1 Å². The Balaban J connectivity index is 2.29. The fraction of sp³-hybridized carbons (Fsp3) is 0.538. The molecule has 0 unspecified atom stereocenters. The summed E-state index contributed by atoms with van der Waals surface area (Å²) in [6, 6.07) is 3.98. The van der Waals surface area contributed by atoms with Crippen LogP contribution in [0.2, 0.25) is 0 Å². The molecule has 1 aromatic rings. The molecule has 1 aliphatic heterocycles. The third-order valence-electron chi connectivity index (χ3n) is 2.83. The van der Waals surface area contributed by atoms with Crippen LogP contribution in [-0.4, -0.2) is 30.6 Å². The third kappa shape index (κ3) is 2.57. The van der Waals surface area contributed by atoms with Crippen LogP contribution < -0.4 is 4.74 Å². The van der Waals surface area contributed by atoms with Crippen LogP contribution in [0.5, 0.6) is 5.75 Å². The van der Waals surface area contributed by atoms with E-state index < -0.39 is 0 Å². The van der Waals surface area contributed by atoms with Gasteiger partial charge in [-0.2, -0.15) is 0 Å². The van der Waals surface area contributed by atoms with Crippen molar-refractivity contribution in [3.8, 4) is 5.75 Å². The fourth-order valence-electron chi connectivity index (χ4n) is 1.74. The second-order valence-corrected chi connectivity index (χ2v) is 4.59. The van der Waals surface area contributed by atoms with Gasteiger partial charge in [0.05, 0.1) is 13.2 Å². The SMILES string of the molecule is COc1cc(C)nc(C2=N[C@@H](C(C)C)CO2)c1. The summed E-state index contributed by atoms with van der Waals surface area (Å²) in [6.45, 7) is 6.86. The lowest BCUT2D eigenvalue weighted by molar-refractivity contribution is 0.291. The highest BCUT2D eigenvalue weighted by Gasteiger charge is 2.23. The zero-order valence-corrected chi connectivity index (χ0v) is 10.7. The molecule has 1 aliphatic rings. The number of methoxy groups -OCH3 is 1. The average Bonchev–Trinajstić information content (AvgIpc) is 2.77. The van der Waals surface area contributed by atoms with Crippen molar-refractivity contribution in [1.29, 1.82) is 0 Å². The monoisotopic (exact) mass is 234 g/mol. The van der Waals surface area contributed by atoms with Crippen LogP contribution in [0.4, 0.5) is 0 Å². The molecule has 0 radical (unpaired) electrons. The van der Waals surface area contributed by atoms with Crippen molar-refractivity contribution < 1.29 is 9.47 Å². The molecule has 2 rings (SSSR count). The van der Waals surface area contributed by atoms with Crippen LogP contribution in [0, 0.1) is 12.8 Å². The average molecular weight is 234 g/mol. The highest BCUT2D eigenvalue weighted by Crippen LogP contribution is 2.20. The minimum atomic E-state index is 0.235. The lowest BCUT2D eigenvalue weighted by Gasteiger charge is -2.06. The van der Waals surface area contributed by atoms with E-state index in [1.165, 1.54) is 0 Å². The van der Waals surface area contributed by atoms with E-state index >= 15 is 0 Å². The van der Waals surface area contributed by atoms with E-state index in [-0.39, 0.29) is 6.04 Å². The first kappa shape index (κ1) is 11.9. The first-order valence-electron chi connectivity index (χ1n) is 5.84. The van der Waals surface area contributed by atoms with Gasteiger partial charge >= 0.3 is 0 Å². The van der Waals surface area contributed by atoms with Crippen LogP contribution in [0.15, 0.2) is 17.1 Å². The van der Waals surface area contributed by atoms with Gasteiger partial charge in [0.1, 0.15) is 18.1 Å². The molecule has 0 fully saturated rings. The number of pyridine rings is 1. The van der Waals surface area contributed by atoms with Gasteiger partial charge in [0, 0.05) is 17.8 Å². The van der Waals surface area contributed by atoms with Crippen LogP contribution in [-0.2, 0) is 4.74 Å². The lowest BCUT2D eigenvalue weighted by atomic mass is 10.1. The third-order valence-corrected chi connectivity index (χ3v) is 2.83. The Morgan fingerprint density at radius 3 is 2.76 bits per heavy atom. The number of aromatic nitrogens is 1. The number of hydrogen-bond acceptors (Lipinski definition) is 4. The maximum Gasteiger partial charge on any atom is 0.235 e. The number of ether oxygens (including phenoxy) is 2. The summed E-state index contributed by atoms with van der Waals surface area (Å²) in [7, 11) is 1.65. The summed E-state index contributed by atoms with van der Waals surface area (Å²) in [4.78, 5) is 8.97. The molecule has 1 atom stereocenters. The predicted octanol–water partition coefficient (Wildman–Crippen LogP) is 2.20. The Labute approximate surface area is 102 Å². The van der Waals surface area contributed by atoms with Gasteiger partial charge in [-0.1, -0.05) is 13.8 Å². The van der Waals surface area contributed by atoms with E-state index in [9.17, 15) is 0 Å². The number of hydrogen-bond donors (Lipinski definition) is 0. The first-order chi connectivity index (χ1) is 8.10. The molecule has 0 saturated carbocycles. The molecule has 0 amide bonds. The van der Waals surface area contributed by atoms with Crippen molar-refractivity contribution in [2.45, 2.75) is 26.8 Å². The zero-order chi connectivity index (χ0) is 12.4. The molecule has 0 spiro atoms. The van der Waals surface area contributed by atoms with Crippen molar-refractivity contribution in [3.05, 3.63) is 23.5 Å². The first-order valence-corrected chi connectivity index (χ1v) is 5.84. The lowest BCUT2D eigenvalue weighted by Crippen LogP contribution is -2.13. The second-order valence-electron chi connectivity index (χ2n) is 4.59. The highest BCUT2D eigenvalue weighted by molar-refractivity contribution is 5.93. The van der Waals surface area contributed by atoms with Gasteiger partial charge in [0.25, 0.3) is 0 Å². The zero-order valence-electron chi connectivity index (χ0n) is 10.7. The minimum absolute atomic E-state index is 0.235. The second kappa shape index (κ2) is 4.73. The smallest absolute Gasteiger partial charge is 0.235 e. The van der Waals surface area contributed by atoms with Crippen molar-refractivity contribution >= 4 is 5.90 Å². The molecule has 1 aromatic heterocycles. The van der Waals surface area contributed by atoms with Crippen LogP contribution in [0.1, 0.15) is 25.2 Å². The number of aliphatic imine (C=N–C) groups is 1. The van der Waals surface area contributed by atoms with Gasteiger partial charge < -0.3 is 9.47 Å². The molecular formula is C13H18N2O2. The standard InChI is InChI=1S/C13H18N2O2/c1-8(2)12-7-17-13(15-12)11-6-10(16-4)5-9(3)14-11/h5-6,8,12H,7H2,1-4H3/t12-/m1/s1. The molecule has 92 valence electrons. The maximum absolute atomic E-state index is 5.60. The molecule has 4 heteroatoms. The number of rotatable bonds is 3. The van der Waals surface area contributed by atoms with E-state index in [0.29, 0.717) is 18.4 Å². The van der Waals surface area contributed by atoms with Crippen molar-refractivity contribution in [2.24, 2.45) is 10.9 Å². The Morgan fingerprint density at radius 1 is 1.41 bits per heavy atom. The van der Waals surface area contributed by atoms with Gasteiger partial charge in [0.15, 0.2) is 0 Å². The summed E-state index contributed by atoms with van der Waals surface area (Å²) in [5, 5.41) is 0. The summed E-state index contributed by atoms with van der Waals surface area (Å²) >= 11 is 0. The van der Waals surface area contributed by atoms with Crippen molar-refractivity contribution in [3.63, 3.8) is 0 Å². The molecule has 17 heavy (non-hydrogen) atoms. The van der Waals surface area contributed by atoms with Crippen molar-refractivity contribution in [1.82, 2.24) is 4.98 Å². The topological polar surface area (TPSA) is 43.7 Å². The molecule has 0 N–H and O–H groups in total. The van der Waals surface area contributed by atoms with Crippen LogP contribution in [0.25, 0.3) is 0 Å². The summed E-state index contributed by atoms with van der Waals surface area (Å²) in [6.07, 6.45) is 0.